The summed E-state index contributed by atoms with van der Waals surface area (Å²) in [4.78, 5) is 0. The van der Waals surface area contributed by atoms with Crippen LogP contribution in [0.3, 0.4) is 0 Å². The number of aliphatic hydroxyl groups is 1. The maximum atomic E-state index is 13.5. The smallest absolute Gasteiger partial charge is 0.171 e. The Kier molecular flexibility index (Phi) is 4.01. The van der Waals surface area contributed by atoms with E-state index in [1.807, 2.05) is 6.92 Å². The molecule has 5 nitrogen and oxygen atoms in total. The molecule has 0 aliphatic rings. The quantitative estimate of drug-likeness (QED) is 0.929. The number of nitrogens with zero attached hydrogens (tertiary/aromatic N) is 3. The van der Waals surface area contributed by atoms with Gasteiger partial charge in [0.15, 0.2) is 5.75 Å². The molecule has 1 N–H and O–H groups in total. The minimum atomic E-state index is -0.622. The van der Waals surface area contributed by atoms with E-state index in [0.29, 0.717) is 23.7 Å². The molecular formula is C14H14FN3O2. The normalized spacial score (nSPS) is 10.3. The number of nitriles is 1. The van der Waals surface area contributed by atoms with Crippen LogP contribution in [0.1, 0.15) is 17.0 Å². The lowest BCUT2D eigenvalue weighted by Crippen LogP contribution is -2.05. The van der Waals surface area contributed by atoms with E-state index in [4.69, 9.17) is 15.1 Å². The van der Waals surface area contributed by atoms with E-state index in [0.717, 1.165) is 5.69 Å². The first-order chi connectivity index (χ1) is 9.56. The van der Waals surface area contributed by atoms with Crippen molar-refractivity contribution in [1.29, 1.82) is 5.26 Å². The maximum absolute atomic E-state index is 13.5. The number of aliphatic hydroxyl groups excluding tert-OH is 1. The largest absolute Gasteiger partial charge is 0.453 e. The van der Waals surface area contributed by atoms with Crippen LogP contribution in [0.5, 0.6) is 11.5 Å². The molecule has 2 rings (SSSR count). The molecule has 1 aromatic heterocycles. The van der Waals surface area contributed by atoms with E-state index in [9.17, 15) is 4.39 Å². The van der Waals surface area contributed by atoms with Crippen LogP contribution < -0.4 is 4.74 Å². The summed E-state index contributed by atoms with van der Waals surface area (Å²) >= 11 is 0. The van der Waals surface area contributed by atoms with Gasteiger partial charge in [0.25, 0.3) is 0 Å². The molecule has 0 fully saturated rings. The fourth-order valence-electron chi connectivity index (χ4n) is 1.91. The van der Waals surface area contributed by atoms with E-state index in [-0.39, 0.29) is 12.2 Å². The van der Waals surface area contributed by atoms with Gasteiger partial charge in [0.1, 0.15) is 23.3 Å². The summed E-state index contributed by atoms with van der Waals surface area (Å²) in [5.41, 5.74) is 1.38. The predicted octanol–water partition coefficient (Wildman–Crippen LogP) is 2.30. The van der Waals surface area contributed by atoms with E-state index in [1.54, 1.807) is 17.7 Å². The molecule has 0 amide bonds. The summed E-state index contributed by atoms with van der Waals surface area (Å²) in [7, 11) is 0. The molecule has 104 valence electrons. The molecule has 0 radical (unpaired) electrons. The Morgan fingerprint density at radius 3 is 2.80 bits per heavy atom. The van der Waals surface area contributed by atoms with E-state index >= 15 is 0 Å². The summed E-state index contributed by atoms with van der Waals surface area (Å²) in [6, 6.07) is 5.82. The van der Waals surface area contributed by atoms with Gasteiger partial charge in [-0.3, -0.25) is 4.68 Å². The highest BCUT2D eigenvalue weighted by atomic mass is 19.1. The van der Waals surface area contributed by atoms with E-state index in [2.05, 4.69) is 5.10 Å². The Bertz CT molecular complexity index is 674. The average Bonchev–Trinajstić information content (AvgIpc) is 2.67. The highest BCUT2D eigenvalue weighted by molar-refractivity contribution is 5.41. The molecule has 0 saturated heterocycles. The van der Waals surface area contributed by atoms with Crippen molar-refractivity contribution in [3.63, 3.8) is 0 Å². The highest BCUT2D eigenvalue weighted by Crippen LogP contribution is 2.29. The van der Waals surface area contributed by atoms with Gasteiger partial charge in [0.2, 0.25) is 0 Å². The molecule has 0 aliphatic carbocycles. The summed E-state index contributed by atoms with van der Waals surface area (Å²) in [5.74, 6) is 0.210. The fraction of sp³-hybridized carbons (Fsp3) is 0.286. The Labute approximate surface area is 115 Å². The van der Waals surface area contributed by atoms with Crippen LogP contribution in [-0.4, -0.2) is 21.5 Å². The third kappa shape index (κ3) is 2.63. The lowest BCUT2D eigenvalue weighted by Gasteiger charge is -2.07. The Hall–Kier alpha value is -2.39. The van der Waals surface area contributed by atoms with Gasteiger partial charge in [-0.15, -0.1) is 0 Å². The Balaban J connectivity index is 2.31. The van der Waals surface area contributed by atoms with Gasteiger partial charge in [0.05, 0.1) is 24.4 Å². The minimum absolute atomic E-state index is 0.0209. The Morgan fingerprint density at radius 2 is 2.20 bits per heavy atom. The van der Waals surface area contributed by atoms with Gasteiger partial charge < -0.3 is 9.84 Å². The number of rotatable bonds is 4. The minimum Gasteiger partial charge on any atom is -0.453 e. The molecule has 0 unspecified atom stereocenters. The van der Waals surface area contributed by atoms with Crippen molar-refractivity contribution in [2.75, 3.05) is 6.61 Å². The van der Waals surface area contributed by atoms with Gasteiger partial charge in [-0.05, 0) is 26.0 Å². The summed E-state index contributed by atoms with van der Waals surface area (Å²) < 4.78 is 20.8. The lowest BCUT2D eigenvalue weighted by atomic mass is 10.2. The van der Waals surface area contributed by atoms with Crippen molar-refractivity contribution in [3.8, 4) is 17.6 Å². The van der Waals surface area contributed by atoms with Crippen LogP contribution >= 0.6 is 0 Å². The van der Waals surface area contributed by atoms with Crippen molar-refractivity contribution >= 4 is 0 Å². The van der Waals surface area contributed by atoms with Crippen molar-refractivity contribution in [2.45, 2.75) is 20.4 Å². The first-order valence-corrected chi connectivity index (χ1v) is 6.09. The van der Waals surface area contributed by atoms with Crippen molar-refractivity contribution in [2.24, 2.45) is 0 Å². The maximum Gasteiger partial charge on any atom is 0.171 e. The van der Waals surface area contributed by atoms with Crippen LogP contribution in [-0.2, 0) is 6.54 Å². The first-order valence-electron chi connectivity index (χ1n) is 6.09. The SMILES string of the molecule is Cc1nn(CCO)c(C)c1Oc1ccc(C#N)c(F)c1. The molecule has 0 saturated carbocycles. The first kappa shape index (κ1) is 14.0. The molecule has 1 heterocycles. The molecule has 0 bridgehead atoms. The number of aromatic nitrogens is 2. The monoisotopic (exact) mass is 275 g/mol. The van der Waals surface area contributed by atoms with Gasteiger partial charge in [-0.1, -0.05) is 0 Å². The number of benzene rings is 1. The molecule has 6 heteroatoms. The molecule has 20 heavy (non-hydrogen) atoms. The number of halogens is 1. The number of aryl methyl sites for hydroxylation is 1. The molecule has 0 aliphatic heterocycles. The van der Waals surface area contributed by atoms with Crippen LogP contribution in [0.4, 0.5) is 4.39 Å². The number of ether oxygens (including phenoxy) is 1. The molecule has 2 aromatic rings. The van der Waals surface area contributed by atoms with Crippen molar-refractivity contribution in [1.82, 2.24) is 9.78 Å². The zero-order chi connectivity index (χ0) is 14.7. The van der Waals surface area contributed by atoms with Gasteiger partial charge in [-0.2, -0.15) is 10.4 Å². The van der Waals surface area contributed by atoms with Gasteiger partial charge in [-0.25, -0.2) is 4.39 Å². The summed E-state index contributed by atoms with van der Waals surface area (Å²) in [5, 5.41) is 21.9. The van der Waals surface area contributed by atoms with Crippen molar-refractivity contribution < 1.29 is 14.2 Å². The number of hydrogen-bond donors (Lipinski definition) is 1. The summed E-state index contributed by atoms with van der Waals surface area (Å²) in [6.07, 6.45) is 0. The number of hydrogen-bond acceptors (Lipinski definition) is 4. The van der Waals surface area contributed by atoms with Gasteiger partial charge in [0, 0.05) is 6.07 Å². The predicted molar refractivity (Wildman–Crippen MR) is 70.0 cm³/mol. The molecule has 1 aromatic carbocycles. The average molecular weight is 275 g/mol. The summed E-state index contributed by atoms with van der Waals surface area (Å²) in [6.45, 7) is 3.94. The standard InChI is InChI=1S/C14H14FN3O2/c1-9-14(10(2)18(17-9)5-6-19)20-12-4-3-11(8-16)13(15)7-12/h3-4,7,19H,5-6H2,1-2H3. The van der Waals surface area contributed by atoms with E-state index < -0.39 is 5.82 Å². The van der Waals surface area contributed by atoms with Crippen LogP contribution in [0, 0.1) is 31.0 Å². The highest BCUT2D eigenvalue weighted by Gasteiger charge is 2.14. The van der Waals surface area contributed by atoms with Crippen molar-refractivity contribution in [3.05, 3.63) is 41.0 Å². The lowest BCUT2D eigenvalue weighted by molar-refractivity contribution is 0.267. The third-order valence-corrected chi connectivity index (χ3v) is 2.91. The fourth-order valence-corrected chi connectivity index (χ4v) is 1.91. The van der Waals surface area contributed by atoms with Gasteiger partial charge >= 0.3 is 0 Å². The van der Waals surface area contributed by atoms with Crippen LogP contribution in [0.2, 0.25) is 0 Å². The topological polar surface area (TPSA) is 71.1 Å². The molecular weight excluding hydrogens is 261 g/mol. The zero-order valence-electron chi connectivity index (χ0n) is 11.2. The molecule has 0 spiro atoms. The second-order valence-electron chi connectivity index (χ2n) is 4.30. The zero-order valence-corrected chi connectivity index (χ0v) is 11.2. The van der Waals surface area contributed by atoms with Crippen LogP contribution in [0.15, 0.2) is 18.2 Å². The second-order valence-corrected chi connectivity index (χ2v) is 4.30. The Morgan fingerprint density at radius 1 is 1.45 bits per heavy atom. The second kappa shape index (κ2) is 5.72. The third-order valence-electron chi connectivity index (χ3n) is 2.91. The van der Waals surface area contributed by atoms with E-state index in [1.165, 1.54) is 18.2 Å². The molecule has 0 atom stereocenters. The van der Waals surface area contributed by atoms with Crippen LogP contribution in [0.25, 0.3) is 0 Å².